The van der Waals surface area contributed by atoms with Crippen LogP contribution in [0.3, 0.4) is 0 Å². The fraction of sp³-hybridized carbons (Fsp3) is 0.350. The zero-order chi connectivity index (χ0) is 21.3. The SMILES string of the molecule is CS(=O)(=O)N(CCCC(=O)NCCSCc1ccc(Cl)cc1)c1ccccc1F. The molecule has 0 saturated heterocycles. The van der Waals surface area contributed by atoms with Gasteiger partial charge < -0.3 is 5.32 Å². The summed E-state index contributed by atoms with van der Waals surface area (Å²) in [6, 6.07) is 13.3. The summed E-state index contributed by atoms with van der Waals surface area (Å²) < 4.78 is 38.9. The molecule has 1 amide bonds. The highest BCUT2D eigenvalue weighted by Crippen LogP contribution is 2.21. The van der Waals surface area contributed by atoms with Gasteiger partial charge in [-0.3, -0.25) is 9.10 Å². The number of carbonyl (C=O) groups is 1. The number of hydrogen-bond acceptors (Lipinski definition) is 4. The van der Waals surface area contributed by atoms with Crippen molar-refractivity contribution < 1.29 is 17.6 Å². The molecule has 0 heterocycles. The van der Waals surface area contributed by atoms with E-state index in [2.05, 4.69) is 5.32 Å². The smallest absolute Gasteiger partial charge is 0.232 e. The first kappa shape index (κ1) is 23.5. The number of nitrogens with one attached hydrogen (secondary N) is 1. The minimum Gasteiger partial charge on any atom is -0.355 e. The fourth-order valence-corrected chi connectivity index (χ4v) is 4.53. The number of halogens is 2. The molecule has 0 aliphatic carbocycles. The lowest BCUT2D eigenvalue weighted by atomic mass is 10.2. The van der Waals surface area contributed by atoms with Gasteiger partial charge in [-0.2, -0.15) is 11.8 Å². The molecule has 9 heteroatoms. The molecule has 0 bridgehead atoms. The van der Waals surface area contributed by atoms with Crippen LogP contribution in [0.25, 0.3) is 0 Å². The van der Waals surface area contributed by atoms with Gasteiger partial charge in [0.05, 0.1) is 11.9 Å². The number of thioether (sulfide) groups is 1. The summed E-state index contributed by atoms with van der Waals surface area (Å²) in [5.74, 6) is 0.831. The standard InChI is InChI=1S/C20H24ClFN2O3S2/c1-29(26,27)24(19-6-3-2-5-18(19)22)13-4-7-20(25)23-12-14-28-15-16-8-10-17(21)11-9-16/h2-3,5-6,8-11H,4,7,12-15H2,1H3,(H,23,25). The van der Waals surface area contributed by atoms with Crippen molar-refractivity contribution in [3.05, 3.63) is 64.9 Å². The normalized spacial score (nSPS) is 11.3. The largest absolute Gasteiger partial charge is 0.355 e. The van der Waals surface area contributed by atoms with Gasteiger partial charge in [-0.25, -0.2) is 12.8 Å². The highest BCUT2D eigenvalue weighted by Gasteiger charge is 2.20. The predicted octanol–water partition coefficient (Wildman–Crippen LogP) is 4.07. The fourth-order valence-electron chi connectivity index (χ4n) is 2.62. The lowest BCUT2D eigenvalue weighted by Crippen LogP contribution is -2.33. The second-order valence-electron chi connectivity index (χ2n) is 6.42. The molecule has 1 N–H and O–H groups in total. The highest BCUT2D eigenvalue weighted by molar-refractivity contribution is 7.98. The zero-order valence-electron chi connectivity index (χ0n) is 16.1. The van der Waals surface area contributed by atoms with Crippen LogP contribution in [0, 0.1) is 5.82 Å². The molecule has 0 spiro atoms. The van der Waals surface area contributed by atoms with Crippen molar-refractivity contribution >= 4 is 45.0 Å². The van der Waals surface area contributed by atoms with Crippen molar-refractivity contribution in [2.75, 3.05) is 29.4 Å². The monoisotopic (exact) mass is 458 g/mol. The van der Waals surface area contributed by atoms with Gasteiger partial charge in [0, 0.05) is 36.0 Å². The van der Waals surface area contributed by atoms with Crippen LogP contribution in [0.15, 0.2) is 48.5 Å². The molecule has 2 aromatic rings. The summed E-state index contributed by atoms with van der Waals surface area (Å²) in [4.78, 5) is 12.0. The van der Waals surface area contributed by atoms with Crippen LogP contribution in [0.2, 0.25) is 5.02 Å². The van der Waals surface area contributed by atoms with Crippen molar-refractivity contribution in [2.24, 2.45) is 0 Å². The van der Waals surface area contributed by atoms with Crippen LogP contribution in [0.1, 0.15) is 18.4 Å². The number of sulfonamides is 1. The van der Waals surface area contributed by atoms with Crippen molar-refractivity contribution in [3.8, 4) is 0 Å². The molecule has 5 nitrogen and oxygen atoms in total. The van der Waals surface area contributed by atoms with Gasteiger partial charge in [0.25, 0.3) is 0 Å². The van der Waals surface area contributed by atoms with Crippen molar-refractivity contribution in [2.45, 2.75) is 18.6 Å². The van der Waals surface area contributed by atoms with E-state index in [0.29, 0.717) is 18.0 Å². The van der Waals surface area contributed by atoms with Crippen molar-refractivity contribution in [1.29, 1.82) is 0 Å². The Morgan fingerprint density at radius 3 is 2.52 bits per heavy atom. The van der Waals surface area contributed by atoms with Gasteiger partial charge in [0.2, 0.25) is 15.9 Å². The van der Waals surface area contributed by atoms with Crippen LogP contribution < -0.4 is 9.62 Å². The Morgan fingerprint density at radius 1 is 1.17 bits per heavy atom. The minimum atomic E-state index is -3.64. The molecule has 2 aromatic carbocycles. The van der Waals surface area contributed by atoms with Gasteiger partial charge in [-0.15, -0.1) is 0 Å². The maximum absolute atomic E-state index is 13.9. The van der Waals surface area contributed by atoms with E-state index < -0.39 is 15.8 Å². The number of rotatable bonds is 11. The Labute approximate surface area is 180 Å². The van der Waals surface area contributed by atoms with Crippen molar-refractivity contribution in [3.63, 3.8) is 0 Å². The second-order valence-corrected chi connectivity index (χ2v) is 9.87. The Hall–Kier alpha value is -1.77. The summed E-state index contributed by atoms with van der Waals surface area (Å²) in [7, 11) is -3.64. The maximum Gasteiger partial charge on any atom is 0.232 e. The molecule has 0 unspecified atom stereocenters. The van der Waals surface area contributed by atoms with E-state index in [-0.39, 0.29) is 24.6 Å². The Bertz CT molecular complexity index is 908. The van der Waals surface area contributed by atoms with E-state index in [9.17, 15) is 17.6 Å². The van der Waals surface area contributed by atoms with Crippen LogP contribution in [-0.2, 0) is 20.6 Å². The first-order valence-electron chi connectivity index (χ1n) is 9.08. The number of nitrogens with zero attached hydrogens (tertiary/aromatic N) is 1. The summed E-state index contributed by atoms with van der Waals surface area (Å²) in [5, 5.41) is 3.52. The first-order valence-corrected chi connectivity index (χ1v) is 12.5. The molecule has 0 atom stereocenters. The van der Waals surface area contributed by atoms with Crippen LogP contribution in [0.4, 0.5) is 10.1 Å². The Balaban J connectivity index is 1.70. The molecule has 29 heavy (non-hydrogen) atoms. The van der Waals surface area contributed by atoms with Gasteiger partial charge in [-0.05, 0) is 36.2 Å². The third-order valence-electron chi connectivity index (χ3n) is 4.04. The molecule has 158 valence electrons. The van der Waals surface area contributed by atoms with E-state index in [0.717, 1.165) is 22.1 Å². The lowest BCUT2D eigenvalue weighted by Gasteiger charge is -2.22. The predicted molar refractivity (Wildman–Crippen MR) is 118 cm³/mol. The van der Waals surface area contributed by atoms with Crippen molar-refractivity contribution in [1.82, 2.24) is 5.32 Å². The van der Waals surface area contributed by atoms with Crippen LogP contribution >= 0.6 is 23.4 Å². The van der Waals surface area contributed by atoms with Crippen LogP contribution in [-0.4, -0.2) is 39.4 Å². The molecular formula is C20H24ClFN2O3S2. The lowest BCUT2D eigenvalue weighted by molar-refractivity contribution is -0.121. The zero-order valence-corrected chi connectivity index (χ0v) is 18.5. The summed E-state index contributed by atoms with van der Waals surface area (Å²) >= 11 is 7.55. The molecule has 0 saturated carbocycles. The first-order chi connectivity index (χ1) is 13.8. The third-order valence-corrected chi connectivity index (χ3v) is 6.50. The van der Waals surface area contributed by atoms with Gasteiger partial charge >= 0.3 is 0 Å². The van der Waals surface area contributed by atoms with Gasteiger partial charge in [0.1, 0.15) is 5.82 Å². The number of carbonyl (C=O) groups excluding carboxylic acids is 1. The van der Waals surface area contributed by atoms with E-state index in [1.807, 2.05) is 24.3 Å². The van der Waals surface area contributed by atoms with Crippen LogP contribution in [0.5, 0.6) is 0 Å². The average Bonchev–Trinajstić information content (AvgIpc) is 2.66. The number of amides is 1. The second kappa shape index (κ2) is 11.4. The third kappa shape index (κ3) is 8.24. The topological polar surface area (TPSA) is 66.5 Å². The molecule has 0 aromatic heterocycles. The van der Waals surface area contributed by atoms with Gasteiger partial charge in [0.15, 0.2) is 0 Å². The van der Waals surface area contributed by atoms with E-state index in [1.54, 1.807) is 17.8 Å². The number of hydrogen-bond donors (Lipinski definition) is 1. The minimum absolute atomic E-state index is 0.00555. The van der Waals surface area contributed by atoms with E-state index >= 15 is 0 Å². The van der Waals surface area contributed by atoms with Gasteiger partial charge in [-0.1, -0.05) is 35.9 Å². The summed E-state index contributed by atoms with van der Waals surface area (Å²) in [6.45, 7) is 0.568. The molecule has 0 aliphatic rings. The molecule has 0 fully saturated rings. The number of para-hydroxylation sites is 1. The highest BCUT2D eigenvalue weighted by atomic mass is 35.5. The Kier molecular flexibility index (Phi) is 9.26. The van der Waals surface area contributed by atoms with E-state index in [4.69, 9.17) is 11.6 Å². The summed E-state index contributed by atoms with van der Waals surface area (Å²) in [5.41, 5.74) is 1.16. The average molecular weight is 459 g/mol. The number of anilines is 1. The quantitative estimate of drug-likeness (QED) is 0.515. The molecule has 0 radical (unpaired) electrons. The molecular weight excluding hydrogens is 435 g/mol. The Morgan fingerprint density at radius 2 is 1.86 bits per heavy atom. The van der Waals surface area contributed by atoms with E-state index in [1.165, 1.54) is 23.8 Å². The maximum atomic E-state index is 13.9. The molecule has 2 rings (SSSR count). The molecule has 0 aliphatic heterocycles. The summed E-state index contributed by atoms with van der Waals surface area (Å²) in [6.07, 6.45) is 1.49. The number of benzene rings is 2.